The molecule has 0 amide bonds. The zero-order chi connectivity index (χ0) is 15.5. The highest BCUT2D eigenvalue weighted by Gasteiger charge is 2.31. The molecule has 0 aliphatic carbocycles. The molecule has 0 atom stereocenters. The number of carbonyl (C=O) groups is 2. The van der Waals surface area contributed by atoms with Crippen molar-refractivity contribution in [2.24, 2.45) is 0 Å². The topological polar surface area (TPSA) is 98.8 Å². The van der Waals surface area contributed by atoms with Crippen molar-refractivity contribution in [1.82, 2.24) is 4.72 Å². The first-order chi connectivity index (χ1) is 9.24. The lowest BCUT2D eigenvalue weighted by molar-refractivity contribution is -0.139. The highest BCUT2D eigenvalue weighted by molar-refractivity contribution is 7.90. The van der Waals surface area contributed by atoms with Crippen molar-refractivity contribution in [3.8, 4) is 0 Å². The number of rotatable bonds is 5. The Balaban J connectivity index is 3.23. The molecule has 0 aliphatic rings. The van der Waals surface area contributed by atoms with Crippen LogP contribution in [0.4, 0.5) is 0 Å². The van der Waals surface area contributed by atoms with Crippen LogP contribution >= 0.6 is 34.5 Å². The maximum Gasteiger partial charge on any atom is 0.349 e. The summed E-state index contributed by atoms with van der Waals surface area (Å²) < 4.78 is 34.8. The molecule has 0 spiro atoms. The van der Waals surface area contributed by atoms with Crippen LogP contribution in [0, 0.1) is 0 Å². The van der Waals surface area contributed by atoms with Crippen LogP contribution in [0.1, 0.15) is 9.67 Å². The standard InChI is InChI=1S/C9H9Cl2NO6S2/c1-17-4(13)3-12-20(15,16)7-5(10)8(11)19-6(7)9(14)18-2/h12H,3H2,1-2H3. The predicted molar refractivity (Wildman–Crippen MR) is 72.9 cm³/mol. The third-order valence-electron chi connectivity index (χ3n) is 2.04. The lowest BCUT2D eigenvalue weighted by Gasteiger charge is -2.06. The summed E-state index contributed by atoms with van der Waals surface area (Å²) in [5.41, 5.74) is 0. The molecule has 7 nitrogen and oxygen atoms in total. The zero-order valence-electron chi connectivity index (χ0n) is 10.2. The molecule has 0 saturated heterocycles. The van der Waals surface area contributed by atoms with E-state index in [0.717, 1.165) is 14.2 Å². The molecule has 1 aromatic heterocycles. The molecule has 112 valence electrons. The minimum Gasteiger partial charge on any atom is -0.468 e. The summed E-state index contributed by atoms with van der Waals surface area (Å²) in [5, 5.41) is -0.311. The number of ether oxygens (including phenoxy) is 2. The molecule has 1 rings (SSSR count). The highest BCUT2D eigenvalue weighted by Crippen LogP contribution is 2.40. The van der Waals surface area contributed by atoms with Crippen molar-refractivity contribution >= 4 is 56.5 Å². The van der Waals surface area contributed by atoms with Crippen molar-refractivity contribution in [3.63, 3.8) is 0 Å². The van der Waals surface area contributed by atoms with Crippen LogP contribution in [-0.4, -0.2) is 41.1 Å². The Hall–Kier alpha value is -0.870. The number of hydrogen-bond donors (Lipinski definition) is 1. The third kappa shape index (κ3) is 3.61. The van der Waals surface area contributed by atoms with Crippen molar-refractivity contribution in [2.75, 3.05) is 20.8 Å². The first-order valence-corrected chi connectivity index (χ1v) is 7.92. The molecule has 0 unspecified atom stereocenters. The summed E-state index contributed by atoms with van der Waals surface area (Å²) >= 11 is 12.2. The molecule has 0 fully saturated rings. The molecule has 0 bridgehead atoms. The van der Waals surface area contributed by atoms with E-state index in [2.05, 4.69) is 9.47 Å². The largest absolute Gasteiger partial charge is 0.468 e. The minimum absolute atomic E-state index is 0.0782. The maximum atomic E-state index is 12.1. The number of halogens is 2. The molecule has 20 heavy (non-hydrogen) atoms. The number of esters is 2. The molecular formula is C9H9Cl2NO6S2. The first-order valence-electron chi connectivity index (χ1n) is 4.87. The van der Waals surface area contributed by atoms with Gasteiger partial charge in [-0.3, -0.25) is 4.79 Å². The van der Waals surface area contributed by atoms with Crippen molar-refractivity contribution < 1.29 is 27.5 Å². The van der Waals surface area contributed by atoms with E-state index in [1.165, 1.54) is 0 Å². The van der Waals surface area contributed by atoms with Gasteiger partial charge in [0.1, 0.15) is 20.7 Å². The first kappa shape index (κ1) is 17.2. The lowest BCUT2D eigenvalue weighted by Crippen LogP contribution is -2.31. The molecule has 0 radical (unpaired) electrons. The molecule has 1 heterocycles. The smallest absolute Gasteiger partial charge is 0.349 e. The van der Waals surface area contributed by atoms with Gasteiger partial charge in [0, 0.05) is 0 Å². The SMILES string of the molecule is COC(=O)CNS(=O)(=O)c1c(C(=O)OC)sc(Cl)c1Cl. The number of nitrogens with one attached hydrogen (secondary N) is 1. The normalized spacial score (nSPS) is 11.2. The molecule has 0 aromatic carbocycles. The molecule has 1 N–H and O–H groups in total. The number of sulfonamides is 1. The summed E-state index contributed by atoms with van der Waals surface area (Å²) in [6.07, 6.45) is 0. The van der Waals surface area contributed by atoms with Crippen LogP contribution in [0.15, 0.2) is 4.90 Å². The fourth-order valence-electron chi connectivity index (χ4n) is 1.14. The summed E-state index contributed by atoms with van der Waals surface area (Å²) in [6, 6.07) is 0. The summed E-state index contributed by atoms with van der Waals surface area (Å²) in [6.45, 7) is -0.608. The fraction of sp³-hybridized carbons (Fsp3) is 0.333. The van der Waals surface area contributed by atoms with Crippen LogP contribution in [0.2, 0.25) is 9.36 Å². The Morgan fingerprint density at radius 1 is 1.25 bits per heavy atom. The van der Waals surface area contributed by atoms with Gasteiger partial charge in [-0.2, -0.15) is 4.72 Å². The summed E-state index contributed by atoms with van der Waals surface area (Å²) in [7, 11) is -2.03. The molecule has 11 heteroatoms. The van der Waals surface area contributed by atoms with Gasteiger partial charge in [0.2, 0.25) is 10.0 Å². The maximum absolute atomic E-state index is 12.1. The average Bonchev–Trinajstić information content (AvgIpc) is 2.72. The summed E-state index contributed by atoms with van der Waals surface area (Å²) in [4.78, 5) is 21.7. The van der Waals surface area contributed by atoms with E-state index in [1.807, 2.05) is 4.72 Å². The molecule has 0 saturated carbocycles. The van der Waals surface area contributed by atoms with E-state index in [4.69, 9.17) is 23.2 Å². The predicted octanol–water partition coefficient (Wildman–Crippen LogP) is 1.29. The third-order valence-corrected chi connectivity index (χ3v) is 5.72. The van der Waals surface area contributed by atoms with E-state index >= 15 is 0 Å². The van der Waals surface area contributed by atoms with Crippen molar-refractivity contribution in [1.29, 1.82) is 0 Å². The lowest BCUT2D eigenvalue weighted by atomic mass is 10.5. The Kier molecular flexibility index (Phi) is 5.78. The van der Waals surface area contributed by atoms with Gasteiger partial charge >= 0.3 is 11.9 Å². The van der Waals surface area contributed by atoms with Crippen molar-refractivity contribution in [3.05, 3.63) is 14.2 Å². The molecular weight excluding hydrogens is 353 g/mol. The monoisotopic (exact) mass is 361 g/mol. The van der Waals surface area contributed by atoms with E-state index in [0.29, 0.717) is 11.3 Å². The van der Waals surface area contributed by atoms with Gasteiger partial charge in [-0.05, 0) is 0 Å². The van der Waals surface area contributed by atoms with Crippen LogP contribution in [-0.2, 0) is 24.3 Å². The van der Waals surface area contributed by atoms with E-state index in [1.54, 1.807) is 0 Å². The van der Waals surface area contributed by atoms with E-state index in [9.17, 15) is 18.0 Å². The number of methoxy groups -OCH3 is 2. The van der Waals surface area contributed by atoms with E-state index < -0.39 is 33.4 Å². The number of hydrogen-bond acceptors (Lipinski definition) is 7. The van der Waals surface area contributed by atoms with Gasteiger partial charge in [0.05, 0.1) is 19.2 Å². The second kappa shape index (κ2) is 6.72. The Morgan fingerprint density at radius 3 is 2.35 bits per heavy atom. The van der Waals surface area contributed by atoms with Gasteiger partial charge in [-0.1, -0.05) is 23.2 Å². The second-order valence-electron chi connectivity index (χ2n) is 3.24. The fourth-order valence-corrected chi connectivity index (χ4v) is 4.46. The Morgan fingerprint density at radius 2 is 1.85 bits per heavy atom. The van der Waals surface area contributed by atoms with Crippen LogP contribution < -0.4 is 4.72 Å². The van der Waals surface area contributed by atoms with Gasteiger partial charge in [-0.15, -0.1) is 11.3 Å². The van der Waals surface area contributed by atoms with Crippen LogP contribution in [0.3, 0.4) is 0 Å². The van der Waals surface area contributed by atoms with Crippen molar-refractivity contribution in [2.45, 2.75) is 4.90 Å². The zero-order valence-corrected chi connectivity index (χ0v) is 13.4. The average molecular weight is 362 g/mol. The van der Waals surface area contributed by atoms with Crippen LogP contribution in [0.5, 0.6) is 0 Å². The highest BCUT2D eigenvalue weighted by atomic mass is 35.5. The number of carbonyl (C=O) groups excluding carboxylic acids is 2. The Labute approximate surface area is 128 Å². The van der Waals surface area contributed by atoms with Gasteiger partial charge < -0.3 is 9.47 Å². The summed E-state index contributed by atoms with van der Waals surface area (Å²) in [5.74, 6) is -1.70. The quantitative estimate of drug-likeness (QED) is 0.793. The van der Waals surface area contributed by atoms with E-state index in [-0.39, 0.29) is 14.2 Å². The van der Waals surface area contributed by atoms with Gasteiger partial charge in [0.15, 0.2) is 0 Å². The Bertz CT molecular complexity index is 639. The van der Waals surface area contributed by atoms with Gasteiger partial charge in [0.25, 0.3) is 0 Å². The second-order valence-corrected chi connectivity index (χ2v) is 6.94. The molecule has 0 aliphatic heterocycles. The van der Waals surface area contributed by atoms with Crippen LogP contribution in [0.25, 0.3) is 0 Å². The number of thiophene rings is 1. The van der Waals surface area contributed by atoms with Gasteiger partial charge in [-0.25, -0.2) is 13.2 Å². The molecule has 1 aromatic rings. The minimum atomic E-state index is -4.22.